The third kappa shape index (κ3) is 4.03. The van der Waals surface area contributed by atoms with E-state index in [1.807, 2.05) is 6.07 Å². The molecular weight excluding hydrogens is 333 g/mol. The van der Waals surface area contributed by atoms with E-state index in [2.05, 4.69) is 13.0 Å². The maximum Gasteiger partial charge on any atom is 0.166 e. The average molecular weight is 358 g/mol. The van der Waals surface area contributed by atoms with Crippen molar-refractivity contribution in [1.29, 1.82) is 0 Å². The Labute approximate surface area is 153 Å². The van der Waals surface area contributed by atoms with E-state index in [0.717, 1.165) is 24.5 Å². The van der Waals surface area contributed by atoms with Crippen LogP contribution in [0.2, 0.25) is 0 Å². The smallest absolute Gasteiger partial charge is 0.166 e. The number of rotatable bonds is 7. The van der Waals surface area contributed by atoms with Crippen molar-refractivity contribution in [2.45, 2.75) is 58.3 Å². The first-order valence-corrected chi connectivity index (χ1v) is 9.54. The molecule has 3 rings (SSSR count). The Kier molecular flexibility index (Phi) is 6.18. The molecule has 0 bridgehead atoms. The van der Waals surface area contributed by atoms with Gasteiger partial charge in [0.05, 0.1) is 0 Å². The summed E-state index contributed by atoms with van der Waals surface area (Å²) in [6, 6.07) is 7.32. The predicted octanol–water partition coefficient (Wildman–Crippen LogP) is 7.16. The number of benzene rings is 2. The molecule has 0 spiro atoms. The third-order valence-corrected chi connectivity index (χ3v) is 5.20. The van der Waals surface area contributed by atoms with Gasteiger partial charge in [0.1, 0.15) is 5.82 Å². The molecule has 0 radical (unpaired) electrons. The molecule has 0 amide bonds. The van der Waals surface area contributed by atoms with E-state index < -0.39 is 17.5 Å². The van der Waals surface area contributed by atoms with Gasteiger partial charge in [0.25, 0.3) is 0 Å². The SMILES string of the molecule is CCCCCCCC1=CCc2c(ccc(-c3cccc(F)c3F)c2F)C1. The Balaban J connectivity index is 1.75. The van der Waals surface area contributed by atoms with Crippen molar-refractivity contribution >= 4 is 0 Å². The van der Waals surface area contributed by atoms with Gasteiger partial charge >= 0.3 is 0 Å². The summed E-state index contributed by atoms with van der Waals surface area (Å²) >= 11 is 0. The second-order valence-corrected chi connectivity index (χ2v) is 7.07. The minimum atomic E-state index is -0.995. The maximum atomic E-state index is 15.0. The highest BCUT2D eigenvalue weighted by Crippen LogP contribution is 2.33. The van der Waals surface area contributed by atoms with E-state index in [1.54, 1.807) is 6.07 Å². The minimum absolute atomic E-state index is 0.0176. The zero-order valence-electron chi connectivity index (χ0n) is 15.3. The van der Waals surface area contributed by atoms with Crippen LogP contribution in [-0.2, 0) is 12.8 Å². The van der Waals surface area contributed by atoms with Gasteiger partial charge in [0.2, 0.25) is 0 Å². The molecule has 0 aromatic heterocycles. The second kappa shape index (κ2) is 8.57. The van der Waals surface area contributed by atoms with Gasteiger partial charge in [0, 0.05) is 11.1 Å². The summed E-state index contributed by atoms with van der Waals surface area (Å²) in [5, 5.41) is 0. The Hall–Kier alpha value is -2.03. The van der Waals surface area contributed by atoms with Crippen molar-refractivity contribution in [2.24, 2.45) is 0 Å². The van der Waals surface area contributed by atoms with Gasteiger partial charge in [-0.3, -0.25) is 0 Å². The van der Waals surface area contributed by atoms with Gasteiger partial charge in [-0.05, 0) is 42.9 Å². The Morgan fingerprint density at radius 1 is 0.846 bits per heavy atom. The van der Waals surface area contributed by atoms with Crippen LogP contribution in [0.4, 0.5) is 13.2 Å². The van der Waals surface area contributed by atoms with Gasteiger partial charge < -0.3 is 0 Å². The number of hydrogen-bond acceptors (Lipinski definition) is 0. The third-order valence-electron chi connectivity index (χ3n) is 5.20. The highest BCUT2D eigenvalue weighted by Gasteiger charge is 2.20. The molecule has 3 heteroatoms. The summed E-state index contributed by atoms with van der Waals surface area (Å²) in [5.74, 6) is -2.37. The number of hydrogen-bond donors (Lipinski definition) is 0. The topological polar surface area (TPSA) is 0 Å². The molecule has 0 aliphatic heterocycles. The Morgan fingerprint density at radius 2 is 1.62 bits per heavy atom. The summed E-state index contributed by atoms with van der Waals surface area (Å²) in [5.41, 5.74) is 3.06. The molecule has 0 fully saturated rings. The largest absolute Gasteiger partial charge is 0.206 e. The first kappa shape index (κ1) is 18.8. The molecular formula is C23H25F3. The average Bonchev–Trinajstić information content (AvgIpc) is 2.64. The zero-order valence-corrected chi connectivity index (χ0v) is 15.3. The van der Waals surface area contributed by atoms with Crippen molar-refractivity contribution < 1.29 is 13.2 Å². The van der Waals surface area contributed by atoms with Crippen molar-refractivity contribution in [2.75, 3.05) is 0 Å². The van der Waals surface area contributed by atoms with Crippen LogP contribution in [0, 0.1) is 17.5 Å². The Bertz CT molecular complexity index is 805. The lowest BCUT2D eigenvalue weighted by molar-refractivity contribution is 0.510. The van der Waals surface area contributed by atoms with Crippen LogP contribution in [0.3, 0.4) is 0 Å². The van der Waals surface area contributed by atoms with Crippen LogP contribution >= 0.6 is 0 Å². The van der Waals surface area contributed by atoms with Gasteiger partial charge in [-0.15, -0.1) is 0 Å². The van der Waals surface area contributed by atoms with Crippen LogP contribution in [0.5, 0.6) is 0 Å². The fourth-order valence-electron chi connectivity index (χ4n) is 3.68. The lowest BCUT2D eigenvalue weighted by atomic mass is 9.86. The quantitative estimate of drug-likeness (QED) is 0.364. The summed E-state index contributed by atoms with van der Waals surface area (Å²) < 4.78 is 42.5. The Morgan fingerprint density at radius 3 is 2.42 bits per heavy atom. The molecule has 2 aromatic rings. The van der Waals surface area contributed by atoms with Crippen LogP contribution in [0.25, 0.3) is 11.1 Å². The minimum Gasteiger partial charge on any atom is -0.206 e. The van der Waals surface area contributed by atoms with Crippen molar-refractivity contribution in [1.82, 2.24) is 0 Å². The monoisotopic (exact) mass is 358 g/mol. The standard InChI is InChI=1S/C23H25F3/c1-2-3-4-5-6-8-16-11-13-18-17(15-16)12-14-20(22(18)25)19-9-7-10-21(24)23(19)26/h7,9-12,14H,2-6,8,13,15H2,1H3. The molecule has 0 N–H and O–H groups in total. The summed E-state index contributed by atoms with van der Waals surface area (Å²) in [6.07, 6.45) is 10.7. The number of allylic oxidation sites excluding steroid dienone is 2. The summed E-state index contributed by atoms with van der Waals surface area (Å²) in [6.45, 7) is 2.21. The highest BCUT2D eigenvalue weighted by molar-refractivity contribution is 5.67. The summed E-state index contributed by atoms with van der Waals surface area (Å²) in [4.78, 5) is 0. The van der Waals surface area contributed by atoms with E-state index >= 15 is 0 Å². The first-order valence-electron chi connectivity index (χ1n) is 9.54. The molecule has 0 heterocycles. The van der Waals surface area contributed by atoms with Crippen LogP contribution in [0.15, 0.2) is 42.0 Å². The van der Waals surface area contributed by atoms with Crippen LogP contribution < -0.4 is 0 Å². The van der Waals surface area contributed by atoms with E-state index in [0.29, 0.717) is 12.0 Å². The summed E-state index contributed by atoms with van der Waals surface area (Å²) in [7, 11) is 0. The number of halogens is 3. The molecule has 1 aliphatic carbocycles. The number of unbranched alkanes of at least 4 members (excludes halogenated alkanes) is 4. The van der Waals surface area contributed by atoms with E-state index in [4.69, 9.17) is 0 Å². The lowest BCUT2D eigenvalue weighted by Crippen LogP contribution is -2.07. The molecule has 1 aliphatic rings. The molecule has 138 valence electrons. The van der Waals surface area contributed by atoms with E-state index in [1.165, 1.54) is 49.8 Å². The molecule has 0 saturated carbocycles. The van der Waals surface area contributed by atoms with E-state index in [9.17, 15) is 13.2 Å². The molecule has 0 atom stereocenters. The fourth-order valence-corrected chi connectivity index (χ4v) is 3.68. The zero-order chi connectivity index (χ0) is 18.5. The van der Waals surface area contributed by atoms with E-state index in [-0.39, 0.29) is 11.1 Å². The normalized spacial score (nSPS) is 13.5. The number of fused-ring (bicyclic) bond motifs is 1. The predicted molar refractivity (Wildman–Crippen MR) is 101 cm³/mol. The van der Waals surface area contributed by atoms with Gasteiger partial charge in [-0.1, -0.05) is 68.5 Å². The second-order valence-electron chi connectivity index (χ2n) is 7.07. The van der Waals surface area contributed by atoms with Crippen molar-refractivity contribution in [3.8, 4) is 11.1 Å². The lowest BCUT2D eigenvalue weighted by Gasteiger charge is -2.20. The van der Waals surface area contributed by atoms with Crippen LogP contribution in [0.1, 0.15) is 56.6 Å². The van der Waals surface area contributed by atoms with Crippen molar-refractivity contribution in [3.63, 3.8) is 0 Å². The van der Waals surface area contributed by atoms with Crippen molar-refractivity contribution in [3.05, 3.63) is 70.6 Å². The molecule has 0 unspecified atom stereocenters. The van der Waals surface area contributed by atoms with Gasteiger partial charge in [-0.25, -0.2) is 13.2 Å². The molecule has 0 nitrogen and oxygen atoms in total. The molecule has 0 saturated heterocycles. The fraction of sp³-hybridized carbons (Fsp3) is 0.391. The molecule has 2 aromatic carbocycles. The van der Waals surface area contributed by atoms with Crippen LogP contribution in [-0.4, -0.2) is 0 Å². The van der Waals surface area contributed by atoms with Gasteiger partial charge in [-0.2, -0.15) is 0 Å². The first-order chi connectivity index (χ1) is 12.6. The maximum absolute atomic E-state index is 15.0. The molecule has 26 heavy (non-hydrogen) atoms. The van der Waals surface area contributed by atoms with Gasteiger partial charge in [0.15, 0.2) is 11.6 Å². The highest BCUT2D eigenvalue weighted by atomic mass is 19.2.